The SMILES string of the molecule is CC#CC(CCc1ccccc1)CC(C)(C)[Si](O)(c1ccccc1)c1ccccc1. The third kappa shape index (κ3) is 4.93. The average molecular weight is 413 g/mol. The van der Waals surface area contributed by atoms with E-state index >= 15 is 0 Å². The van der Waals surface area contributed by atoms with Crippen LogP contribution in [0.25, 0.3) is 0 Å². The van der Waals surface area contributed by atoms with E-state index in [2.05, 4.69) is 80.3 Å². The number of rotatable bonds is 8. The molecule has 0 spiro atoms. The molecule has 0 bridgehead atoms. The highest BCUT2D eigenvalue weighted by Gasteiger charge is 2.50. The van der Waals surface area contributed by atoms with Gasteiger partial charge < -0.3 is 4.80 Å². The van der Waals surface area contributed by atoms with E-state index in [9.17, 15) is 4.80 Å². The molecule has 154 valence electrons. The predicted octanol–water partition coefficient (Wildman–Crippen LogP) is 5.18. The topological polar surface area (TPSA) is 20.2 Å². The van der Waals surface area contributed by atoms with Gasteiger partial charge in [-0.1, -0.05) is 105 Å². The van der Waals surface area contributed by atoms with E-state index in [1.165, 1.54) is 5.56 Å². The van der Waals surface area contributed by atoms with Gasteiger partial charge in [-0.2, -0.15) is 0 Å². The van der Waals surface area contributed by atoms with E-state index in [4.69, 9.17) is 0 Å². The third-order valence-corrected chi connectivity index (χ3v) is 10.6. The minimum Gasteiger partial charge on any atom is -0.424 e. The van der Waals surface area contributed by atoms with Crippen molar-refractivity contribution in [1.29, 1.82) is 0 Å². The van der Waals surface area contributed by atoms with Crippen LogP contribution in [0.2, 0.25) is 5.04 Å². The number of aryl methyl sites for hydroxylation is 1. The zero-order chi connectivity index (χ0) is 21.5. The van der Waals surface area contributed by atoms with E-state index in [-0.39, 0.29) is 11.0 Å². The Morgan fingerprint density at radius 2 is 1.27 bits per heavy atom. The summed E-state index contributed by atoms with van der Waals surface area (Å²) in [5.74, 6) is 6.83. The average Bonchev–Trinajstić information content (AvgIpc) is 2.78. The van der Waals surface area contributed by atoms with Crippen LogP contribution in [-0.4, -0.2) is 13.1 Å². The number of hydrogen-bond donors (Lipinski definition) is 1. The van der Waals surface area contributed by atoms with E-state index in [0.29, 0.717) is 0 Å². The molecule has 0 aliphatic carbocycles. The van der Waals surface area contributed by atoms with Crippen LogP contribution in [0.3, 0.4) is 0 Å². The van der Waals surface area contributed by atoms with Crippen molar-refractivity contribution >= 4 is 18.7 Å². The van der Waals surface area contributed by atoms with Gasteiger partial charge in [0.25, 0.3) is 8.32 Å². The van der Waals surface area contributed by atoms with Crippen LogP contribution < -0.4 is 10.4 Å². The Morgan fingerprint density at radius 3 is 1.73 bits per heavy atom. The first kappa shape index (κ1) is 22.1. The Bertz CT molecular complexity index is 929. The molecule has 0 amide bonds. The van der Waals surface area contributed by atoms with Crippen molar-refractivity contribution in [3.8, 4) is 11.8 Å². The smallest absolute Gasteiger partial charge is 0.258 e. The molecule has 0 aliphatic heterocycles. The van der Waals surface area contributed by atoms with E-state index < -0.39 is 8.32 Å². The zero-order valence-corrected chi connectivity index (χ0v) is 19.3. The quantitative estimate of drug-likeness (QED) is 0.399. The summed E-state index contributed by atoms with van der Waals surface area (Å²) in [7, 11) is -3.00. The first-order chi connectivity index (χ1) is 14.5. The lowest BCUT2D eigenvalue weighted by Crippen LogP contribution is -2.65. The summed E-state index contributed by atoms with van der Waals surface area (Å²) < 4.78 is 0. The van der Waals surface area contributed by atoms with E-state index in [1.54, 1.807) is 0 Å². The predicted molar refractivity (Wildman–Crippen MR) is 130 cm³/mol. The van der Waals surface area contributed by atoms with Gasteiger partial charge in [0.1, 0.15) is 0 Å². The van der Waals surface area contributed by atoms with Crippen LogP contribution in [-0.2, 0) is 6.42 Å². The second kappa shape index (κ2) is 9.94. The molecule has 1 atom stereocenters. The fourth-order valence-corrected chi connectivity index (χ4v) is 8.27. The Labute approximate surface area is 182 Å². The van der Waals surface area contributed by atoms with Gasteiger partial charge in [-0.3, -0.25) is 0 Å². The van der Waals surface area contributed by atoms with Gasteiger partial charge >= 0.3 is 0 Å². The molecule has 0 saturated carbocycles. The Hall–Kier alpha value is -2.60. The first-order valence-electron chi connectivity index (χ1n) is 10.8. The van der Waals surface area contributed by atoms with Gasteiger partial charge in [-0.15, -0.1) is 11.8 Å². The van der Waals surface area contributed by atoms with Gasteiger partial charge in [0.15, 0.2) is 0 Å². The minimum atomic E-state index is -3.00. The second-order valence-electron chi connectivity index (χ2n) is 8.65. The van der Waals surface area contributed by atoms with Crippen molar-refractivity contribution in [2.45, 2.75) is 45.1 Å². The normalized spacial score (nSPS) is 12.7. The van der Waals surface area contributed by atoms with Crippen molar-refractivity contribution in [2.24, 2.45) is 5.92 Å². The maximum absolute atomic E-state index is 12.4. The fourth-order valence-electron chi connectivity index (χ4n) is 4.49. The number of hydrogen-bond acceptors (Lipinski definition) is 1. The lowest BCUT2D eigenvalue weighted by Gasteiger charge is -2.42. The van der Waals surface area contributed by atoms with Gasteiger partial charge in [-0.25, -0.2) is 0 Å². The molecule has 1 nitrogen and oxygen atoms in total. The summed E-state index contributed by atoms with van der Waals surface area (Å²) in [5.41, 5.74) is 1.34. The molecule has 0 aliphatic rings. The van der Waals surface area contributed by atoms with Crippen LogP contribution in [0.4, 0.5) is 0 Å². The van der Waals surface area contributed by atoms with Crippen molar-refractivity contribution < 1.29 is 4.80 Å². The standard InChI is InChI=1S/C28H32OSi/c1-4-14-25(22-21-24-15-8-5-9-16-24)23-28(2,3)30(29,26-17-10-6-11-18-26)27-19-12-7-13-20-27/h5-13,15-20,25,29H,21-23H2,1-3H3. The maximum Gasteiger partial charge on any atom is 0.258 e. The Morgan fingerprint density at radius 1 is 0.800 bits per heavy atom. The maximum atomic E-state index is 12.4. The van der Waals surface area contributed by atoms with Crippen LogP contribution in [0.5, 0.6) is 0 Å². The Balaban J connectivity index is 1.92. The third-order valence-electron chi connectivity index (χ3n) is 6.09. The lowest BCUT2D eigenvalue weighted by molar-refractivity contribution is 0.415. The summed E-state index contributed by atoms with van der Waals surface area (Å²) >= 11 is 0. The molecule has 1 unspecified atom stereocenters. The van der Waals surface area contributed by atoms with Crippen LogP contribution in [0.1, 0.15) is 39.2 Å². The molecular weight excluding hydrogens is 380 g/mol. The summed E-state index contributed by atoms with van der Waals surface area (Å²) in [6.07, 6.45) is 2.88. The highest BCUT2D eigenvalue weighted by molar-refractivity contribution is 6.98. The molecule has 0 aromatic heterocycles. The molecule has 3 aromatic rings. The molecule has 0 heterocycles. The lowest BCUT2D eigenvalue weighted by atomic mass is 9.91. The van der Waals surface area contributed by atoms with Crippen molar-refractivity contribution in [2.75, 3.05) is 0 Å². The van der Waals surface area contributed by atoms with E-state index in [0.717, 1.165) is 29.6 Å². The molecule has 3 aromatic carbocycles. The highest BCUT2D eigenvalue weighted by atomic mass is 28.4. The van der Waals surface area contributed by atoms with E-state index in [1.807, 2.05) is 43.3 Å². The van der Waals surface area contributed by atoms with Crippen LogP contribution >= 0.6 is 0 Å². The summed E-state index contributed by atoms with van der Waals surface area (Å²) in [6, 6.07) is 31.1. The monoisotopic (exact) mass is 412 g/mol. The molecular formula is C28H32OSi. The van der Waals surface area contributed by atoms with Crippen molar-refractivity contribution in [3.05, 3.63) is 96.6 Å². The van der Waals surface area contributed by atoms with Crippen LogP contribution in [0.15, 0.2) is 91.0 Å². The molecule has 30 heavy (non-hydrogen) atoms. The summed E-state index contributed by atoms with van der Waals surface area (Å²) in [4.78, 5) is 12.4. The Kier molecular flexibility index (Phi) is 7.32. The molecule has 0 fully saturated rings. The van der Waals surface area contributed by atoms with Crippen molar-refractivity contribution in [1.82, 2.24) is 0 Å². The fraction of sp³-hybridized carbons (Fsp3) is 0.286. The summed E-state index contributed by atoms with van der Waals surface area (Å²) in [6.45, 7) is 6.37. The molecule has 2 heteroatoms. The van der Waals surface area contributed by atoms with Crippen molar-refractivity contribution in [3.63, 3.8) is 0 Å². The second-order valence-corrected chi connectivity index (χ2v) is 12.6. The van der Waals surface area contributed by atoms with Crippen LogP contribution in [0, 0.1) is 17.8 Å². The number of benzene rings is 3. The summed E-state index contributed by atoms with van der Waals surface area (Å²) in [5, 5.41) is 1.85. The molecule has 0 radical (unpaired) electrons. The van der Waals surface area contributed by atoms with Gasteiger partial charge in [-0.05, 0) is 47.2 Å². The van der Waals surface area contributed by atoms with Gasteiger partial charge in [0.05, 0.1) is 0 Å². The van der Waals surface area contributed by atoms with Gasteiger partial charge in [0.2, 0.25) is 0 Å². The molecule has 3 rings (SSSR count). The highest BCUT2D eigenvalue weighted by Crippen LogP contribution is 2.42. The van der Waals surface area contributed by atoms with Gasteiger partial charge in [0, 0.05) is 5.92 Å². The first-order valence-corrected chi connectivity index (χ1v) is 12.7. The minimum absolute atomic E-state index is 0.247. The molecule has 0 saturated heterocycles. The molecule has 1 N–H and O–H groups in total. The zero-order valence-electron chi connectivity index (χ0n) is 18.3. The largest absolute Gasteiger partial charge is 0.424 e.